The maximum Gasteiger partial charge on any atom is 0.222 e. The third-order valence-electron chi connectivity index (χ3n) is 2.39. The van der Waals surface area contributed by atoms with E-state index in [0.29, 0.717) is 10.7 Å². The third kappa shape index (κ3) is 1.75. The van der Waals surface area contributed by atoms with Crippen LogP contribution in [-0.2, 0) is 0 Å². The van der Waals surface area contributed by atoms with E-state index in [1.807, 2.05) is 28.9 Å². The first-order chi connectivity index (χ1) is 8.25. The van der Waals surface area contributed by atoms with Crippen LogP contribution >= 0.6 is 23.2 Å². The number of rotatable bonds is 1. The lowest BCUT2D eigenvalue weighted by atomic mass is 10.2. The minimum absolute atomic E-state index is 0.165. The predicted molar refractivity (Wildman–Crippen MR) is 66.2 cm³/mol. The second-order valence-electron chi connectivity index (χ2n) is 3.42. The molecule has 0 atom stereocenters. The van der Waals surface area contributed by atoms with Crippen molar-refractivity contribution in [3.8, 4) is 11.3 Å². The molecule has 0 radical (unpaired) electrons. The molecule has 0 unspecified atom stereocenters. The fourth-order valence-electron chi connectivity index (χ4n) is 1.67. The number of halogens is 2. The lowest BCUT2D eigenvalue weighted by molar-refractivity contribution is 1.15. The van der Waals surface area contributed by atoms with Crippen LogP contribution in [0.2, 0.25) is 10.3 Å². The molecule has 0 aliphatic carbocycles. The lowest BCUT2D eigenvalue weighted by Gasteiger charge is -2.05. The molecule has 0 aromatic carbocycles. The Kier molecular flexibility index (Phi) is 2.46. The molecule has 0 bridgehead atoms. The molecule has 0 amide bonds. The molecule has 0 saturated heterocycles. The summed E-state index contributed by atoms with van der Waals surface area (Å²) in [6.07, 6.45) is 6.96. The van der Waals surface area contributed by atoms with Gasteiger partial charge in [0.1, 0.15) is 5.65 Å². The third-order valence-corrected chi connectivity index (χ3v) is 2.85. The number of nitrogens with zero attached hydrogens (tertiary/aromatic N) is 4. The van der Waals surface area contributed by atoms with Crippen LogP contribution in [0.25, 0.3) is 16.9 Å². The van der Waals surface area contributed by atoms with E-state index in [-0.39, 0.29) is 5.28 Å². The van der Waals surface area contributed by atoms with Crippen LogP contribution in [0, 0.1) is 0 Å². The van der Waals surface area contributed by atoms with Crippen LogP contribution in [0.3, 0.4) is 0 Å². The van der Waals surface area contributed by atoms with E-state index in [1.54, 1.807) is 6.20 Å². The first kappa shape index (κ1) is 10.5. The lowest BCUT2D eigenvalue weighted by Crippen LogP contribution is -1.92. The van der Waals surface area contributed by atoms with Crippen LogP contribution < -0.4 is 0 Å². The molecule has 3 aromatic heterocycles. The highest BCUT2D eigenvalue weighted by atomic mass is 35.5. The van der Waals surface area contributed by atoms with Gasteiger partial charge in [0.15, 0.2) is 0 Å². The van der Waals surface area contributed by atoms with E-state index in [9.17, 15) is 0 Å². The second-order valence-corrected chi connectivity index (χ2v) is 4.16. The second kappa shape index (κ2) is 3.98. The summed E-state index contributed by atoms with van der Waals surface area (Å²) in [5, 5.41) is 0.614. The summed E-state index contributed by atoms with van der Waals surface area (Å²) in [6, 6.07) is 3.79. The van der Waals surface area contributed by atoms with Crippen molar-refractivity contribution < 1.29 is 0 Å². The smallest absolute Gasteiger partial charge is 0.222 e. The van der Waals surface area contributed by atoms with Gasteiger partial charge < -0.3 is 4.40 Å². The van der Waals surface area contributed by atoms with Crippen molar-refractivity contribution in [1.82, 2.24) is 19.4 Å². The van der Waals surface area contributed by atoms with Gasteiger partial charge in [-0.05, 0) is 23.7 Å². The molecule has 0 fully saturated rings. The molecule has 3 rings (SSSR count). The molecule has 3 heterocycles. The Balaban J connectivity index is 2.34. The summed E-state index contributed by atoms with van der Waals surface area (Å²) in [5.41, 5.74) is 2.19. The largest absolute Gasteiger partial charge is 0.307 e. The van der Waals surface area contributed by atoms with Crippen molar-refractivity contribution in [2.45, 2.75) is 0 Å². The minimum Gasteiger partial charge on any atom is -0.307 e. The predicted octanol–water partition coefficient (Wildman–Crippen LogP) is 3.10. The van der Waals surface area contributed by atoms with Crippen molar-refractivity contribution in [3.63, 3.8) is 0 Å². The number of imidazole rings is 1. The summed E-state index contributed by atoms with van der Waals surface area (Å²) in [4.78, 5) is 12.2. The summed E-state index contributed by atoms with van der Waals surface area (Å²) in [5.74, 6) is 0. The average Bonchev–Trinajstić information content (AvgIpc) is 2.80. The van der Waals surface area contributed by atoms with Gasteiger partial charge in [0.05, 0.1) is 16.9 Å². The van der Waals surface area contributed by atoms with Gasteiger partial charge in [-0.15, -0.1) is 0 Å². The van der Waals surface area contributed by atoms with Crippen molar-refractivity contribution in [3.05, 3.63) is 47.2 Å². The summed E-state index contributed by atoms with van der Waals surface area (Å²) < 4.78 is 1.89. The van der Waals surface area contributed by atoms with Crippen molar-refractivity contribution in [1.29, 1.82) is 0 Å². The Morgan fingerprint density at radius 1 is 1.12 bits per heavy atom. The van der Waals surface area contributed by atoms with Gasteiger partial charge in [0.25, 0.3) is 0 Å². The van der Waals surface area contributed by atoms with Crippen molar-refractivity contribution in [2.24, 2.45) is 0 Å². The Morgan fingerprint density at radius 2 is 2.00 bits per heavy atom. The first-order valence-electron chi connectivity index (χ1n) is 4.86. The van der Waals surface area contributed by atoms with E-state index in [1.165, 1.54) is 6.20 Å². The first-order valence-corrected chi connectivity index (χ1v) is 5.61. The van der Waals surface area contributed by atoms with Gasteiger partial charge in [-0.3, -0.25) is 0 Å². The molecule has 0 N–H and O–H groups in total. The highest BCUT2D eigenvalue weighted by molar-refractivity contribution is 6.33. The zero-order valence-corrected chi connectivity index (χ0v) is 10.0. The van der Waals surface area contributed by atoms with Crippen LogP contribution in [0.15, 0.2) is 36.9 Å². The molecule has 0 aliphatic heterocycles. The maximum atomic E-state index is 6.08. The highest BCUT2D eigenvalue weighted by Crippen LogP contribution is 2.28. The molecular formula is C11H6Cl2N4. The van der Waals surface area contributed by atoms with E-state index >= 15 is 0 Å². The summed E-state index contributed by atoms with van der Waals surface area (Å²) in [7, 11) is 0. The molecule has 4 nitrogen and oxygen atoms in total. The van der Waals surface area contributed by atoms with Crippen LogP contribution in [0.5, 0.6) is 0 Å². The minimum atomic E-state index is 0.165. The molecule has 3 aromatic rings. The molecule has 17 heavy (non-hydrogen) atoms. The number of fused-ring (bicyclic) bond motifs is 1. The van der Waals surface area contributed by atoms with Gasteiger partial charge in [-0.1, -0.05) is 11.6 Å². The standard InChI is InChI=1S/C11H6Cl2N4/c12-8-6-15-11(13)16-9(8)7-2-1-4-17-5-3-14-10(7)17/h1-6H. The summed E-state index contributed by atoms with van der Waals surface area (Å²) >= 11 is 11.9. The van der Waals surface area contributed by atoms with Crippen molar-refractivity contribution in [2.75, 3.05) is 0 Å². The fraction of sp³-hybridized carbons (Fsp3) is 0. The molecule has 0 spiro atoms. The molecule has 0 aliphatic rings. The van der Waals surface area contributed by atoms with Gasteiger partial charge in [0.2, 0.25) is 5.28 Å². The van der Waals surface area contributed by atoms with Crippen LogP contribution in [0.1, 0.15) is 0 Å². The molecule has 6 heteroatoms. The molecule has 0 saturated carbocycles. The highest BCUT2D eigenvalue weighted by Gasteiger charge is 2.11. The zero-order valence-electron chi connectivity index (χ0n) is 8.51. The van der Waals surface area contributed by atoms with E-state index in [2.05, 4.69) is 15.0 Å². The van der Waals surface area contributed by atoms with Crippen LogP contribution in [-0.4, -0.2) is 19.4 Å². The summed E-state index contributed by atoms with van der Waals surface area (Å²) in [6.45, 7) is 0. The Bertz CT molecular complexity index is 693. The number of pyridine rings is 1. The van der Waals surface area contributed by atoms with E-state index in [4.69, 9.17) is 23.2 Å². The SMILES string of the molecule is Clc1ncc(Cl)c(-c2cccn3ccnc23)n1. The Labute approximate surface area is 107 Å². The number of hydrogen-bond acceptors (Lipinski definition) is 3. The van der Waals surface area contributed by atoms with Gasteiger partial charge in [-0.25, -0.2) is 15.0 Å². The molecular weight excluding hydrogens is 259 g/mol. The quantitative estimate of drug-likeness (QED) is 0.635. The maximum absolute atomic E-state index is 6.08. The zero-order chi connectivity index (χ0) is 11.8. The Hall–Kier alpha value is -1.65. The Morgan fingerprint density at radius 3 is 2.88 bits per heavy atom. The van der Waals surface area contributed by atoms with Crippen molar-refractivity contribution >= 4 is 28.8 Å². The van der Waals surface area contributed by atoms with Gasteiger partial charge in [0, 0.05) is 24.2 Å². The van der Waals surface area contributed by atoms with E-state index in [0.717, 1.165) is 11.2 Å². The topological polar surface area (TPSA) is 43.1 Å². The van der Waals surface area contributed by atoms with E-state index < -0.39 is 0 Å². The van der Waals surface area contributed by atoms with Gasteiger partial charge >= 0.3 is 0 Å². The average molecular weight is 265 g/mol. The monoisotopic (exact) mass is 264 g/mol. The van der Waals surface area contributed by atoms with Crippen LogP contribution in [0.4, 0.5) is 0 Å². The molecule has 84 valence electrons. The fourth-order valence-corrected chi connectivity index (χ4v) is 1.99. The normalized spacial score (nSPS) is 10.9. The number of aromatic nitrogens is 4. The van der Waals surface area contributed by atoms with Gasteiger partial charge in [-0.2, -0.15) is 0 Å². The number of hydrogen-bond donors (Lipinski definition) is 0.